The van der Waals surface area contributed by atoms with Crippen LogP contribution in [0.4, 0.5) is 0 Å². The second-order valence-corrected chi connectivity index (χ2v) is 4.70. The standard InChI is InChI=1S/C13H19NO2/c1-9-7-13(9,14)8-10-4-5-11(15-2)12(6-10)16-3/h4-6,9H,7-8,14H2,1-3H3. The van der Waals surface area contributed by atoms with Crippen LogP contribution < -0.4 is 15.2 Å². The quantitative estimate of drug-likeness (QED) is 0.845. The molecule has 1 saturated carbocycles. The summed E-state index contributed by atoms with van der Waals surface area (Å²) < 4.78 is 10.5. The fourth-order valence-corrected chi connectivity index (χ4v) is 2.13. The number of rotatable bonds is 4. The van der Waals surface area contributed by atoms with Gasteiger partial charge in [-0.05, 0) is 36.5 Å². The average molecular weight is 221 g/mol. The maximum absolute atomic E-state index is 6.21. The maximum Gasteiger partial charge on any atom is 0.160 e. The molecular formula is C13H19NO2. The minimum atomic E-state index is -0.000397. The van der Waals surface area contributed by atoms with Crippen molar-refractivity contribution in [3.05, 3.63) is 23.8 Å². The first kappa shape index (κ1) is 11.3. The van der Waals surface area contributed by atoms with E-state index in [9.17, 15) is 0 Å². The summed E-state index contributed by atoms with van der Waals surface area (Å²) in [5.74, 6) is 2.17. The molecule has 2 atom stereocenters. The molecule has 2 unspecified atom stereocenters. The smallest absolute Gasteiger partial charge is 0.160 e. The van der Waals surface area contributed by atoms with Crippen LogP contribution in [-0.2, 0) is 6.42 Å². The predicted octanol–water partition coefficient (Wildman–Crippen LogP) is 1.98. The van der Waals surface area contributed by atoms with Crippen LogP contribution in [0.2, 0.25) is 0 Å². The molecule has 3 heteroatoms. The van der Waals surface area contributed by atoms with Crippen molar-refractivity contribution < 1.29 is 9.47 Å². The predicted molar refractivity (Wildman–Crippen MR) is 63.9 cm³/mol. The second-order valence-electron chi connectivity index (χ2n) is 4.70. The Morgan fingerprint density at radius 2 is 1.94 bits per heavy atom. The molecule has 2 N–H and O–H groups in total. The largest absolute Gasteiger partial charge is 0.493 e. The minimum Gasteiger partial charge on any atom is -0.493 e. The fraction of sp³-hybridized carbons (Fsp3) is 0.538. The Hall–Kier alpha value is -1.22. The average Bonchev–Trinajstić information content (AvgIpc) is 2.85. The zero-order valence-corrected chi connectivity index (χ0v) is 10.1. The third-order valence-electron chi connectivity index (χ3n) is 3.49. The zero-order valence-electron chi connectivity index (χ0n) is 10.1. The lowest BCUT2D eigenvalue weighted by atomic mass is 10.0. The molecule has 2 rings (SSSR count). The minimum absolute atomic E-state index is 0.000397. The van der Waals surface area contributed by atoms with E-state index in [0.717, 1.165) is 24.3 Å². The van der Waals surface area contributed by atoms with Crippen molar-refractivity contribution in [3.63, 3.8) is 0 Å². The molecule has 0 amide bonds. The fourth-order valence-electron chi connectivity index (χ4n) is 2.13. The van der Waals surface area contributed by atoms with Gasteiger partial charge in [-0.25, -0.2) is 0 Å². The molecule has 88 valence electrons. The van der Waals surface area contributed by atoms with Crippen LogP contribution in [-0.4, -0.2) is 19.8 Å². The molecule has 0 spiro atoms. The van der Waals surface area contributed by atoms with Gasteiger partial charge in [0.15, 0.2) is 11.5 Å². The summed E-state index contributed by atoms with van der Waals surface area (Å²) in [6.07, 6.45) is 2.02. The van der Waals surface area contributed by atoms with Crippen LogP contribution in [0.25, 0.3) is 0 Å². The molecular weight excluding hydrogens is 202 g/mol. The van der Waals surface area contributed by atoms with Crippen LogP contribution in [0.3, 0.4) is 0 Å². The van der Waals surface area contributed by atoms with Crippen LogP contribution in [0.15, 0.2) is 18.2 Å². The highest BCUT2D eigenvalue weighted by Crippen LogP contribution is 2.43. The van der Waals surface area contributed by atoms with Crippen LogP contribution >= 0.6 is 0 Å². The van der Waals surface area contributed by atoms with E-state index in [1.165, 1.54) is 5.56 Å². The topological polar surface area (TPSA) is 44.5 Å². The second kappa shape index (κ2) is 3.98. The SMILES string of the molecule is COc1ccc(CC2(N)CC2C)cc1OC. The Kier molecular flexibility index (Phi) is 2.80. The molecule has 0 saturated heterocycles. The third-order valence-corrected chi connectivity index (χ3v) is 3.49. The molecule has 0 aromatic heterocycles. The summed E-state index contributed by atoms with van der Waals surface area (Å²) in [5, 5.41) is 0. The highest BCUT2D eigenvalue weighted by atomic mass is 16.5. The monoisotopic (exact) mass is 221 g/mol. The summed E-state index contributed by atoms with van der Waals surface area (Å²) in [5.41, 5.74) is 7.42. The number of hydrogen-bond acceptors (Lipinski definition) is 3. The summed E-state index contributed by atoms with van der Waals surface area (Å²) in [6, 6.07) is 6.00. The molecule has 0 radical (unpaired) electrons. The van der Waals surface area contributed by atoms with E-state index in [2.05, 4.69) is 13.0 Å². The van der Waals surface area contributed by atoms with Crippen molar-refractivity contribution in [2.24, 2.45) is 11.7 Å². The lowest BCUT2D eigenvalue weighted by Gasteiger charge is -2.13. The van der Waals surface area contributed by atoms with Gasteiger partial charge in [0.1, 0.15) is 0 Å². The van der Waals surface area contributed by atoms with Gasteiger partial charge in [0.25, 0.3) is 0 Å². The maximum atomic E-state index is 6.21. The Morgan fingerprint density at radius 1 is 1.31 bits per heavy atom. The first-order valence-corrected chi connectivity index (χ1v) is 5.59. The van der Waals surface area contributed by atoms with E-state index in [1.807, 2.05) is 12.1 Å². The van der Waals surface area contributed by atoms with Gasteiger partial charge in [-0.15, -0.1) is 0 Å². The number of methoxy groups -OCH3 is 2. The Morgan fingerprint density at radius 3 is 2.44 bits per heavy atom. The van der Waals surface area contributed by atoms with E-state index < -0.39 is 0 Å². The van der Waals surface area contributed by atoms with E-state index in [4.69, 9.17) is 15.2 Å². The third kappa shape index (κ3) is 2.00. The van der Waals surface area contributed by atoms with Crippen molar-refractivity contribution in [2.75, 3.05) is 14.2 Å². The normalized spacial score (nSPS) is 27.6. The Balaban J connectivity index is 2.17. The van der Waals surface area contributed by atoms with Crippen LogP contribution in [0.5, 0.6) is 11.5 Å². The van der Waals surface area contributed by atoms with E-state index in [-0.39, 0.29) is 5.54 Å². The van der Waals surface area contributed by atoms with Gasteiger partial charge < -0.3 is 15.2 Å². The number of ether oxygens (including phenoxy) is 2. The summed E-state index contributed by atoms with van der Waals surface area (Å²) in [7, 11) is 3.30. The van der Waals surface area contributed by atoms with Gasteiger partial charge in [-0.2, -0.15) is 0 Å². The molecule has 0 bridgehead atoms. The first-order valence-electron chi connectivity index (χ1n) is 5.59. The van der Waals surface area contributed by atoms with Gasteiger partial charge >= 0.3 is 0 Å². The number of hydrogen-bond donors (Lipinski definition) is 1. The van der Waals surface area contributed by atoms with Crippen molar-refractivity contribution in [1.29, 1.82) is 0 Å². The lowest BCUT2D eigenvalue weighted by molar-refractivity contribution is 0.354. The van der Waals surface area contributed by atoms with Crippen molar-refractivity contribution >= 4 is 0 Å². The Labute approximate surface area is 96.5 Å². The lowest BCUT2D eigenvalue weighted by Crippen LogP contribution is -2.27. The van der Waals surface area contributed by atoms with Gasteiger partial charge in [0.2, 0.25) is 0 Å². The molecule has 1 aromatic carbocycles. The summed E-state index contributed by atoms with van der Waals surface area (Å²) in [4.78, 5) is 0. The Bertz CT molecular complexity index is 392. The van der Waals surface area contributed by atoms with Gasteiger partial charge in [0.05, 0.1) is 14.2 Å². The zero-order chi connectivity index (χ0) is 11.8. The van der Waals surface area contributed by atoms with Crippen molar-refractivity contribution in [3.8, 4) is 11.5 Å². The molecule has 0 heterocycles. The van der Waals surface area contributed by atoms with Crippen molar-refractivity contribution in [1.82, 2.24) is 0 Å². The highest BCUT2D eigenvalue weighted by molar-refractivity contribution is 5.43. The molecule has 3 nitrogen and oxygen atoms in total. The van der Waals surface area contributed by atoms with Crippen molar-refractivity contribution in [2.45, 2.75) is 25.3 Å². The molecule has 16 heavy (non-hydrogen) atoms. The molecule has 1 aliphatic rings. The molecule has 1 fully saturated rings. The highest BCUT2D eigenvalue weighted by Gasteiger charge is 2.47. The molecule has 1 aromatic rings. The first-order chi connectivity index (χ1) is 7.59. The van der Waals surface area contributed by atoms with Crippen LogP contribution in [0, 0.1) is 5.92 Å². The molecule has 1 aliphatic carbocycles. The van der Waals surface area contributed by atoms with Gasteiger partial charge in [-0.1, -0.05) is 13.0 Å². The van der Waals surface area contributed by atoms with Crippen LogP contribution in [0.1, 0.15) is 18.9 Å². The summed E-state index contributed by atoms with van der Waals surface area (Å²) in [6.45, 7) is 2.20. The van der Waals surface area contributed by atoms with Gasteiger partial charge in [0, 0.05) is 5.54 Å². The molecule has 0 aliphatic heterocycles. The number of nitrogens with two attached hydrogens (primary N) is 1. The van der Waals surface area contributed by atoms with E-state index >= 15 is 0 Å². The van der Waals surface area contributed by atoms with E-state index in [1.54, 1.807) is 14.2 Å². The number of benzene rings is 1. The van der Waals surface area contributed by atoms with E-state index in [0.29, 0.717) is 5.92 Å². The van der Waals surface area contributed by atoms with Gasteiger partial charge in [-0.3, -0.25) is 0 Å². The summed E-state index contributed by atoms with van der Waals surface area (Å²) >= 11 is 0.